The Bertz CT molecular complexity index is 1070. The van der Waals surface area contributed by atoms with Gasteiger partial charge in [0, 0.05) is 17.9 Å². The van der Waals surface area contributed by atoms with Crippen molar-refractivity contribution in [3.8, 4) is 0 Å². The van der Waals surface area contributed by atoms with Crippen LogP contribution in [0.4, 0.5) is 11.4 Å². The van der Waals surface area contributed by atoms with Crippen molar-refractivity contribution < 1.29 is 14.6 Å². The van der Waals surface area contributed by atoms with Crippen LogP contribution >= 0.6 is 0 Å². The minimum atomic E-state index is -0.618. The lowest BCUT2D eigenvalue weighted by Crippen LogP contribution is -2.25. The molecule has 0 radical (unpaired) electrons. The van der Waals surface area contributed by atoms with Crippen LogP contribution in [0.25, 0.3) is 0 Å². The van der Waals surface area contributed by atoms with Crippen molar-refractivity contribution in [1.29, 1.82) is 0 Å². The van der Waals surface area contributed by atoms with Crippen molar-refractivity contribution in [2.45, 2.75) is 31.0 Å². The number of fused-ring (bicyclic) bond motifs is 12. The lowest BCUT2D eigenvalue weighted by Gasteiger charge is -2.33. The van der Waals surface area contributed by atoms with Crippen LogP contribution in [0.5, 0.6) is 0 Å². The Morgan fingerprint density at radius 3 is 2.10 bits per heavy atom. The number of non-ortho nitro benzene ring substituents is 1. The van der Waals surface area contributed by atoms with Crippen molar-refractivity contribution in [3.63, 3.8) is 0 Å². The van der Waals surface area contributed by atoms with Crippen molar-refractivity contribution in [2.75, 3.05) is 0 Å². The van der Waals surface area contributed by atoms with Gasteiger partial charge >= 0.3 is 0 Å². The number of benzene rings is 2. The molecule has 0 heterocycles. The molecule has 4 aliphatic carbocycles. The topological polar surface area (TPSA) is 95.5 Å². The molecule has 2 aromatic rings. The number of nitro groups is 2. The first-order valence-corrected chi connectivity index (χ1v) is 10.3. The highest BCUT2D eigenvalue weighted by Gasteiger charge is 2.63. The van der Waals surface area contributed by atoms with Crippen molar-refractivity contribution in [2.24, 2.45) is 23.7 Å². The van der Waals surface area contributed by atoms with Crippen LogP contribution in [0.15, 0.2) is 54.6 Å². The van der Waals surface area contributed by atoms with E-state index in [9.17, 15) is 20.2 Å². The van der Waals surface area contributed by atoms with Gasteiger partial charge in [-0.05, 0) is 47.3 Å². The maximum Gasteiger partial charge on any atom is 0.281 e. The molecule has 0 N–H and O–H groups in total. The van der Waals surface area contributed by atoms with Crippen LogP contribution in [-0.2, 0) is 11.3 Å². The van der Waals surface area contributed by atoms with Crippen LogP contribution in [0.2, 0.25) is 0 Å². The SMILES string of the molecule is O=[N+]([O-])c1ccc(COC2[C@H]3C=C[C@H]2[C@H]2[C@H]3[C@@H]3C[C@@H]2c2ccccc23)c([N+](=O)[O-])c1. The third-order valence-corrected chi connectivity index (χ3v) is 7.79. The zero-order chi connectivity index (χ0) is 20.6. The summed E-state index contributed by atoms with van der Waals surface area (Å²) in [5.41, 5.74) is 2.84. The summed E-state index contributed by atoms with van der Waals surface area (Å²) < 4.78 is 6.29. The molecule has 4 bridgehead atoms. The van der Waals surface area contributed by atoms with E-state index in [0.717, 1.165) is 6.07 Å². The van der Waals surface area contributed by atoms with Gasteiger partial charge in [-0.2, -0.15) is 0 Å². The molecule has 2 aromatic carbocycles. The molecular formula is C23H20N2O5. The van der Waals surface area contributed by atoms with Crippen LogP contribution in [0.3, 0.4) is 0 Å². The van der Waals surface area contributed by atoms with Gasteiger partial charge in [0.05, 0.1) is 34.2 Å². The molecule has 0 saturated heterocycles. The number of nitro benzene ring substituents is 2. The van der Waals surface area contributed by atoms with Crippen LogP contribution in [-0.4, -0.2) is 16.0 Å². The summed E-state index contributed by atoms with van der Waals surface area (Å²) in [4.78, 5) is 21.2. The van der Waals surface area contributed by atoms with Gasteiger partial charge < -0.3 is 4.74 Å². The van der Waals surface area contributed by atoms with E-state index < -0.39 is 9.85 Å². The lowest BCUT2D eigenvalue weighted by atomic mass is 9.71. The van der Waals surface area contributed by atoms with Crippen molar-refractivity contribution in [3.05, 3.63) is 91.5 Å². The average molecular weight is 404 g/mol. The summed E-state index contributed by atoms with van der Waals surface area (Å²) in [6.07, 6.45) is 5.81. The molecule has 0 aliphatic heterocycles. The third-order valence-electron chi connectivity index (χ3n) is 7.79. The maximum atomic E-state index is 11.4. The van der Waals surface area contributed by atoms with Crippen LogP contribution < -0.4 is 0 Å². The van der Waals surface area contributed by atoms with Gasteiger partial charge in [0.1, 0.15) is 0 Å². The van der Waals surface area contributed by atoms with Gasteiger partial charge in [0.25, 0.3) is 11.4 Å². The van der Waals surface area contributed by atoms with Crippen LogP contribution in [0.1, 0.15) is 34.9 Å². The first kappa shape index (κ1) is 17.8. The molecular weight excluding hydrogens is 384 g/mol. The first-order valence-electron chi connectivity index (χ1n) is 10.3. The second-order valence-corrected chi connectivity index (χ2v) is 8.87. The second kappa shape index (κ2) is 6.22. The van der Waals surface area contributed by atoms with E-state index in [1.54, 1.807) is 0 Å². The molecule has 0 spiro atoms. The van der Waals surface area contributed by atoms with Gasteiger partial charge in [-0.15, -0.1) is 0 Å². The summed E-state index contributed by atoms with van der Waals surface area (Å²) >= 11 is 0. The summed E-state index contributed by atoms with van der Waals surface area (Å²) in [7, 11) is 0. The molecule has 0 aromatic heterocycles. The Hall–Kier alpha value is -3.06. The van der Waals surface area contributed by atoms with Gasteiger partial charge in [0.15, 0.2) is 0 Å². The molecule has 7 heteroatoms. The Labute approximate surface area is 172 Å². The Morgan fingerprint density at radius 1 is 0.900 bits per heavy atom. The molecule has 6 atom stereocenters. The fraction of sp³-hybridized carbons (Fsp3) is 0.391. The van der Waals surface area contributed by atoms with E-state index >= 15 is 0 Å². The number of ether oxygens (including phenoxy) is 1. The Morgan fingerprint density at radius 2 is 1.53 bits per heavy atom. The van der Waals surface area contributed by atoms with E-state index in [1.807, 2.05) is 0 Å². The quantitative estimate of drug-likeness (QED) is 0.311. The van der Waals surface area contributed by atoms with E-state index in [-0.39, 0.29) is 24.1 Å². The molecule has 2 saturated carbocycles. The molecule has 0 unspecified atom stereocenters. The highest BCUT2D eigenvalue weighted by molar-refractivity contribution is 5.49. The molecule has 6 rings (SSSR count). The van der Waals surface area contributed by atoms with Gasteiger partial charge in [-0.25, -0.2) is 0 Å². The van der Waals surface area contributed by atoms with Gasteiger partial charge in [-0.3, -0.25) is 20.2 Å². The number of nitrogens with zero attached hydrogens (tertiary/aromatic N) is 2. The molecule has 152 valence electrons. The fourth-order valence-corrected chi connectivity index (χ4v) is 6.82. The summed E-state index contributed by atoms with van der Waals surface area (Å²) in [6, 6.07) is 12.5. The lowest BCUT2D eigenvalue weighted by molar-refractivity contribution is -0.394. The van der Waals surface area contributed by atoms with E-state index in [0.29, 0.717) is 41.1 Å². The second-order valence-electron chi connectivity index (χ2n) is 8.87. The smallest absolute Gasteiger partial charge is 0.281 e. The monoisotopic (exact) mass is 404 g/mol. The Kier molecular flexibility index (Phi) is 3.68. The summed E-state index contributed by atoms with van der Waals surface area (Å²) in [5, 5.41) is 22.4. The zero-order valence-electron chi connectivity index (χ0n) is 16.1. The number of rotatable bonds is 5. The van der Waals surface area contributed by atoms with Gasteiger partial charge in [0.2, 0.25) is 0 Å². The molecule has 7 nitrogen and oxygen atoms in total. The van der Waals surface area contributed by atoms with E-state index in [4.69, 9.17) is 4.74 Å². The third kappa shape index (κ3) is 2.29. The number of hydrogen-bond donors (Lipinski definition) is 0. The van der Waals surface area contributed by atoms with Gasteiger partial charge in [-0.1, -0.05) is 36.4 Å². The van der Waals surface area contributed by atoms with Crippen molar-refractivity contribution in [1.82, 2.24) is 0 Å². The molecule has 30 heavy (non-hydrogen) atoms. The molecule has 2 fully saturated rings. The highest BCUT2D eigenvalue weighted by atomic mass is 16.6. The average Bonchev–Trinajstić information content (AvgIpc) is 3.49. The fourth-order valence-electron chi connectivity index (χ4n) is 6.82. The predicted molar refractivity (Wildman–Crippen MR) is 108 cm³/mol. The Balaban J connectivity index is 1.25. The standard InChI is InChI=1S/C23H20N2O5/c26-24(27)13-6-5-12(20(9-13)25(28)29)11-30-23-16-7-8-17(23)22-19-10-18(21(16)22)14-3-1-2-4-15(14)19/h1-9,16-19,21-23H,10-11H2/t16-,17-,18+,19+,21+,22+/m0/s1. The molecule has 4 aliphatic rings. The van der Waals surface area contributed by atoms with Crippen molar-refractivity contribution >= 4 is 11.4 Å². The zero-order valence-corrected chi connectivity index (χ0v) is 16.1. The predicted octanol–water partition coefficient (Wildman–Crippen LogP) is 4.72. The minimum absolute atomic E-state index is 0.0226. The minimum Gasteiger partial charge on any atom is -0.372 e. The maximum absolute atomic E-state index is 11.4. The number of hydrogen-bond acceptors (Lipinski definition) is 5. The molecule has 0 amide bonds. The summed E-state index contributed by atoms with van der Waals surface area (Å²) in [5.74, 6) is 2.99. The van der Waals surface area contributed by atoms with E-state index in [2.05, 4.69) is 36.4 Å². The first-order chi connectivity index (χ1) is 14.5. The largest absolute Gasteiger partial charge is 0.372 e. The normalized spacial score (nSPS) is 34.2. The summed E-state index contributed by atoms with van der Waals surface area (Å²) in [6.45, 7) is 0.0926. The highest BCUT2D eigenvalue weighted by Crippen LogP contribution is 2.70. The van der Waals surface area contributed by atoms with E-state index in [1.165, 1.54) is 29.7 Å². The van der Waals surface area contributed by atoms with Crippen LogP contribution in [0, 0.1) is 43.9 Å².